The summed E-state index contributed by atoms with van der Waals surface area (Å²) in [4.78, 5) is 15.9. The van der Waals surface area contributed by atoms with Gasteiger partial charge in [-0.15, -0.1) is 11.3 Å². The monoisotopic (exact) mass is 693 g/mol. The third-order valence-corrected chi connectivity index (χ3v) is 12.5. The Labute approximate surface area is 276 Å². The molecule has 0 spiro atoms. The number of nitrogens with one attached hydrogen (secondary N) is 1. The Morgan fingerprint density at radius 2 is 1.80 bits per heavy atom. The zero-order chi connectivity index (χ0) is 33.5. The Morgan fingerprint density at radius 1 is 1.07 bits per heavy atom. The van der Waals surface area contributed by atoms with Crippen LogP contribution in [0.15, 0.2) is 75.1 Å². The highest BCUT2D eigenvalue weighted by Crippen LogP contribution is 2.30. The van der Waals surface area contributed by atoms with Crippen LogP contribution < -0.4 is 9.46 Å². The Balaban J connectivity index is 1.68. The number of amides is 1. The number of fused-ring (bicyclic) bond motifs is 1. The lowest BCUT2D eigenvalue weighted by molar-refractivity contribution is -0.00832. The van der Waals surface area contributed by atoms with Gasteiger partial charge in [0.15, 0.2) is 0 Å². The van der Waals surface area contributed by atoms with E-state index in [2.05, 4.69) is 4.72 Å². The number of anilines is 1. The summed E-state index contributed by atoms with van der Waals surface area (Å²) >= 11 is 1.14. The van der Waals surface area contributed by atoms with E-state index in [0.29, 0.717) is 18.8 Å². The number of aliphatic hydroxyl groups excluding tert-OH is 1. The Hall–Kier alpha value is -3.01. The maximum absolute atomic E-state index is 14.3. The first-order valence-corrected chi connectivity index (χ1v) is 19.1. The van der Waals surface area contributed by atoms with Gasteiger partial charge in [0.25, 0.3) is 26.0 Å². The first kappa shape index (κ1) is 35.8. The number of ether oxygens (including phenoxy) is 2. The molecule has 2 N–H and O–H groups in total. The SMILES string of the molecule is C[C@@H]1CN([C@H](C)CO)C(=O)c2cc(NS(=O)(=O)c3ccccc3)ccc2O[C@@H](C)CCCCO[C@H]1CN(C)S(=O)(=O)c1cccs1. The van der Waals surface area contributed by atoms with Crippen LogP contribution in [0.25, 0.3) is 0 Å². The number of likely N-dealkylation sites (N-methyl/N-ethyl adjacent to an activating group) is 1. The van der Waals surface area contributed by atoms with Gasteiger partial charge in [-0.05, 0) is 74.9 Å². The topological polar surface area (TPSA) is 143 Å². The number of carbonyl (C=O) groups is 1. The summed E-state index contributed by atoms with van der Waals surface area (Å²) in [5.41, 5.74) is 0.319. The van der Waals surface area contributed by atoms with Crippen LogP contribution in [0, 0.1) is 5.92 Å². The molecular formula is C32H43N3O8S3. The van der Waals surface area contributed by atoms with Crippen molar-refractivity contribution < 1.29 is 36.2 Å². The highest BCUT2D eigenvalue weighted by molar-refractivity contribution is 7.92. The maximum Gasteiger partial charge on any atom is 0.261 e. The third kappa shape index (κ3) is 8.87. The quantitative estimate of drug-likeness (QED) is 0.330. The molecule has 0 unspecified atom stereocenters. The molecule has 0 fully saturated rings. The van der Waals surface area contributed by atoms with Gasteiger partial charge in [-0.3, -0.25) is 9.52 Å². The number of rotatable bonds is 9. The van der Waals surface area contributed by atoms with Gasteiger partial charge in [-0.25, -0.2) is 16.8 Å². The predicted octanol–water partition coefficient (Wildman–Crippen LogP) is 4.67. The van der Waals surface area contributed by atoms with Crippen molar-refractivity contribution in [2.45, 2.75) is 67.4 Å². The molecular weight excluding hydrogens is 651 g/mol. The zero-order valence-corrected chi connectivity index (χ0v) is 29.0. The normalized spacial score (nSPS) is 21.2. The lowest BCUT2D eigenvalue weighted by Crippen LogP contribution is -2.48. The van der Waals surface area contributed by atoms with E-state index in [1.807, 2.05) is 13.8 Å². The molecule has 0 saturated heterocycles. The van der Waals surface area contributed by atoms with E-state index in [4.69, 9.17) is 9.47 Å². The highest BCUT2D eigenvalue weighted by atomic mass is 32.2. The smallest absolute Gasteiger partial charge is 0.261 e. The fourth-order valence-electron chi connectivity index (χ4n) is 5.18. The first-order valence-electron chi connectivity index (χ1n) is 15.2. The van der Waals surface area contributed by atoms with E-state index in [-0.39, 0.29) is 52.1 Å². The lowest BCUT2D eigenvalue weighted by atomic mass is 10.0. The molecule has 2 heterocycles. The van der Waals surface area contributed by atoms with Gasteiger partial charge in [0.2, 0.25) is 0 Å². The molecule has 14 heteroatoms. The van der Waals surface area contributed by atoms with Gasteiger partial charge in [-0.1, -0.05) is 31.2 Å². The molecule has 0 radical (unpaired) electrons. The minimum absolute atomic E-state index is 0.0679. The molecule has 0 aliphatic carbocycles. The van der Waals surface area contributed by atoms with Gasteiger partial charge >= 0.3 is 0 Å². The summed E-state index contributed by atoms with van der Waals surface area (Å²) in [6.07, 6.45) is 1.35. The standard InChI is InChI=1S/C32H43N3O8S3/c1-23-20-35(24(2)22-36)32(37)28-19-26(33-45(38,39)27-12-6-5-7-13-27)15-16-29(28)43-25(3)11-8-9-17-42-30(23)21-34(4)46(40,41)31-14-10-18-44-31/h5-7,10,12-16,18-19,23-25,30,33,36H,8-9,11,17,20-22H2,1-4H3/t23-,24-,25+,30+/m1/s1. The highest BCUT2D eigenvalue weighted by Gasteiger charge is 2.33. The molecule has 11 nitrogen and oxygen atoms in total. The van der Waals surface area contributed by atoms with Crippen molar-refractivity contribution in [3.05, 3.63) is 71.6 Å². The van der Waals surface area contributed by atoms with Gasteiger partial charge in [0, 0.05) is 38.3 Å². The first-order chi connectivity index (χ1) is 21.8. The number of carbonyl (C=O) groups excluding carboxylic acids is 1. The van der Waals surface area contributed by atoms with Gasteiger partial charge in [-0.2, -0.15) is 4.31 Å². The van der Waals surface area contributed by atoms with Crippen molar-refractivity contribution in [1.82, 2.24) is 9.21 Å². The van der Waals surface area contributed by atoms with Gasteiger partial charge < -0.3 is 19.5 Å². The van der Waals surface area contributed by atoms with Crippen LogP contribution in [0.1, 0.15) is 50.4 Å². The summed E-state index contributed by atoms with van der Waals surface area (Å²) in [6, 6.07) is 15.1. The molecule has 46 heavy (non-hydrogen) atoms. The summed E-state index contributed by atoms with van der Waals surface area (Å²) in [5.74, 6) is -0.508. The van der Waals surface area contributed by atoms with Crippen LogP contribution in [0.5, 0.6) is 5.75 Å². The van der Waals surface area contributed by atoms with Crippen molar-refractivity contribution in [1.29, 1.82) is 0 Å². The van der Waals surface area contributed by atoms with Gasteiger partial charge in [0.05, 0.1) is 35.3 Å². The summed E-state index contributed by atoms with van der Waals surface area (Å²) in [5, 5.41) is 11.9. The lowest BCUT2D eigenvalue weighted by Gasteiger charge is -2.35. The van der Waals surface area contributed by atoms with E-state index in [1.54, 1.807) is 54.8 Å². The predicted molar refractivity (Wildman–Crippen MR) is 178 cm³/mol. The number of sulfonamides is 2. The third-order valence-electron chi connectivity index (χ3n) is 7.95. The number of nitrogens with zero attached hydrogens (tertiary/aromatic N) is 2. The van der Waals surface area contributed by atoms with E-state index >= 15 is 0 Å². The van der Waals surface area contributed by atoms with Crippen molar-refractivity contribution in [2.24, 2.45) is 5.92 Å². The van der Waals surface area contributed by atoms with E-state index < -0.39 is 38.1 Å². The number of aliphatic hydroxyl groups is 1. The number of hydrogen-bond donors (Lipinski definition) is 2. The van der Waals surface area contributed by atoms with Crippen molar-refractivity contribution in [3.63, 3.8) is 0 Å². The fraction of sp³-hybridized carbons (Fsp3) is 0.469. The van der Waals surface area contributed by atoms with Crippen LogP contribution in [-0.2, 0) is 24.8 Å². The van der Waals surface area contributed by atoms with Crippen LogP contribution in [0.3, 0.4) is 0 Å². The van der Waals surface area contributed by atoms with Crippen LogP contribution >= 0.6 is 11.3 Å². The molecule has 1 amide bonds. The molecule has 252 valence electrons. The minimum Gasteiger partial charge on any atom is -0.490 e. The molecule has 4 rings (SSSR count). The second-order valence-corrected chi connectivity index (χ2v) is 16.5. The molecule has 4 atom stereocenters. The second-order valence-electron chi connectivity index (χ2n) is 11.6. The number of hydrogen-bond acceptors (Lipinski definition) is 9. The molecule has 2 aromatic carbocycles. The van der Waals surface area contributed by atoms with Crippen molar-refractivity contribution in [3.8, 4) is 5.75 Å². The minimum atomic E-state index is -3.93. The second kappa shape index (κ2) is 15.7. The van der Waals surface area contributed by atoms with Crippen molar-refractivity contribution >= 4 is 43.0 Å². The van der Waals surface area contributed by atoms with Gasteiger partial charge in [0.1, 0.15) is 9.96 Å². The van der Waals surface area contributed by atoms with E-state index in [9.17, 15) is 26.7 Å². The summed E-state index contributed by atoms with van der Waals surface area (Å²) < 4.78 is 69.2. The molecule has 0 bridgehead atoms. The summed E-state index contributed by atoms with van der Waals surface area (Å²) in [6.45, 7) is 5.77. The zero-order valence-electron chi connectivity index (χ0n) is 26.5. The molecule has 3 aromatic rings. The van der Waals surface area contributed by atoms with E-state index in [0.717, 1.165) is 24.2 Å². The Morgan fingerprint density at radius 3 is 2.48 bits per heavy atom. The van der Waals surface area contributed by atoms with Crippen LogP contribution in [0.4, 0.5) is 5.69 Å². The number of benzene rings is 2. The maximum atomic E-state index is 14.3. The largest absolute Gasteiger partial charge is 0.490 e. The molecule has 0 saturated carbocycles. The van der Waals surface area contributed by atoms with Crippen LogP contribution in [-0.4, -0.2) is 88.7 Å². The molecule has 1 aliphatic heterocycles. The average molecular weight is 694 g/mol. The van der Waals surface area contributed by atoms with Crippen molar-refractivity contribution in [2.75, 3.05) is 38.1 Å². The fourth-order valence-corrected chi connectivity index (χ4v) is 8.63. The Kier molecular flexibility index (Phi) is 12.2. The molecule has 1 aromatic heterocycles. The van der Waals surface area contributed by atoms with Crippen LogP contribution in [0.2, 0.25) is 0 Å². The average Bonchev–Trinajstić information content (AvgIpc) is 3.59. The Bertz CT molecular complexity index is 1650. The molecule has 1 aliphatic rings. The summed E-state index contributed by atoms with van der Waals surface area (Å²) in [7, 11) is -6.15. The van der Waals surface area contributed by atoms with E-state index in [1.165, 1.54) is 34.5 Å². The number of thiophene rings is 1.